The molecule has 2 aliphatic rings. The molecule has 0 bridgehead atoms. The largest absolute Gasteiger partial charge is 0.0654 e. The zero-order valence-corrected chi connectivity index (χ0v) is 22.9. The van der Waals surface area contributed by atoms with Gasteiger partial charge in [0.1, 0.15) is 0 Å². The van der Waals surface area contributed by atoms with Crippen LogP contribution in [-0.4, -0.2) is 0 Å². The van der Waals surface area contributed by atoms with E-state index in [2.05, 4.69) is 74.5 Å². The van der Waals surface area contributed by atoms with Crippen molar-refractivity contribution in [2.24, 2.45) is 0 Å². The number of fused-ring (bicyclic) bond motifs is 6. The highest BCUT2D eigenvalue weighted by atomic mass is 14.5. The molecule has 0 unspecified atom stereocenters. The molecule has 190 valence electrons. The van der Waals surface area contributed by atoms with Crippen molar-refractivity contribution >= 4 is 0 Å². The number of hydrogen-bond donors (Lipinski definition) is 0. The molecule has 0 nitrogen and oxygen atoms in total. The Morgan fingerprint density at radius 1 is 0.500 bits per heavy atom. The maximum atomic E-state index is 2.65. The van der Waals surface area contributed by atoms with Gasteiger partial charge in [0.15, 0.2) is 0 Å². The summed E-state index contributed by atoms with van der Waals surface area (Å²) in [6.07, 6.45) is 20.2. The summed E-state index contributed by atoms with van der Waals surface area (Å²) in [6.45, 7) is 4.64. The van der Waals surface area contributed by atoms with E-state index in [9.17, 15) is 0 Å². The summed E-state index contributed by atoms with van der Waals surface area (Å²) in [6, 6.07) is 23.7. The van der Waals surface area contributed by atoms with Crippen LogP contribution in [0.2, 0.25) is 0 Å². The monoisotopic (exact) mass is 478 g/mol. The molecule has 0 fully saturated rings. The van der Waals surface area contributed by atoms with Crippen LogP contribution in [-0.2, 0) is 11.8 Å². The highest BCUT2D eigenvalue weighted by molar-refractivity contribution is 5.88. The molecule has 36 heavy (non-hydrogen) atoms. The third kappa shape index (κ3) is 4.93. The lowest BCUT2D eigenvalue weighted by Gasteiger charge is -2.33. The lowest BCUT2D eigenvalue weighted by atomic mass is 9.70. The number of hydrogen-bond acceptors (Lipinski definition) is 0. The zero-order chi connectivity index (χ0) is 24.8. The standard InChI is InChI=1S/C36H46/c1-3-5-7-9-11-17-23-36(24-18-12-10-8-6-4-2)34-22-16-15-21-31(34)33-27-32-29(26-35(33)36)25-28-19-13-14-20-30(28)32/h13-16,19-22,26-27H,3-12,17-18,23-25H2,1-2H3. The van der Waals surface area contributed by atoms with Gasteiger partial charge >= 0.3 is 0 Å². The lowest BCUT2D eigenvalue weighted by Crippen LogP contribution is -2.25. The molecule has 0 N–H and O–H groups in total. The van der Waals surface area contributed by atoms with Crippen LogP contribution in [0.25, 0.3) is 22.3 Å². The van der Waals surface area contributed by atoms with Crippen LogP contribution in [0.3, 0.4) is 0 Å². The Morgan fingerprint density at radius 3 is 1.78 bits per heavy atom. The quantitative estimate of drug-likeness (QED) is 0.158. The van der Waals surface area contributed by atoms with Crippen molar-refractivity contribution in [1.29, 1.82) is 0 Å². The summed E-state index contributed by atoms with van der Waals surface area (Å²) in [5.74, 6) is 0. The van der Waals surface area contributed by atoms with Crippen molar-refractivity contribution in [2.75, 3.05) is 0 Å². The molecule has 0 atom stereocenters. The second-order valence-electron chi connectivity index (χ2n) is 11.6. The smallest absolute Gasteiger partial charge is 0.0215 e. The van der Waals surface area contributed by atoms with Crippen LogP contribution < -0.4 is 0 Å². The second kappa shape index (κ2) is 11.8. The van der Waals surface area contributed by atoms with Gasteiger partial charge in [-0.05, 0) is 69.8 Å². The molecule has 3 aromatic rings. The Bertz CT molecular complexity index is 1130. The second-order valence-corrected chi connectivity index (χ2v) is 11.6. The van der Waals surface area contributed by atoms with Crippen LogP contribution in [0, 0.1) is 0 Å². The molecule has 0 heteroatoms. The predicted octanol–water partition coefficient (Wildman–Crippen LogP) is 11.0. The van der Waals surface area contributed by atoms with Gasteiger partial charge in [0.25, 0.3) is 0 Å². The third-order valence-electron chi connectivity index (χ3n) is 9.09. The normalized spacial score (nSPS) is 14.4. The molecule has 0 saturated heterocycles. The van der Waals surface area contributed by atoms with Crippen LogP contribution in [0.5, 0.6) is 0 Å². The van der Waals surface area contributed by atoms with Crippen molar-refractivity contribution in [3.8, 4) is 22.3 Å². The molecule has 0 aromatic heterocycles. The van der Waals surface area contributed by atoms with Crippen molar-refractivity contribution in [3.05, 3.63) is 82.9 Å². The Hall–Kier alpha value is -2.34. The summed E-state index contributed by atoms with van der Waals surface area (Å²) in [5, 5.41) is 0. The summed E-state index contributed by atoms with van der Waals surface area (Å²) >= 11 is 0. The van der Waals surface area contributed by atoms with Crippen LogP contribution in [0.1, 0.15) is 126 Å². The molecule has 0 heterocycles. The third-order valence-corrected chi connectivity index (χ3v) is 9.09. The van der Waals surface area contributed by atoms with Gasteiger partial charge in [0, 0.05) is 5.41 Å². The van der Waals surface area contributed by atoms with E-state index in [-0.39, 0.29) is 5.41 Å². The highest BCUT2D eigenvalue weighted by Gasteiger charge is 2.43. The summed E-state index contributed by atoms with van der Waals surface area (Å²) in [4.78, 5) is 0. The van der Waals surface area contributed by atoms with Gasteiger partial charge in [0.2, 0.25) is 0 Å². The molecule has 0 amide bonds. The van der Waals surface area contributed by atoms with Crippen molar-refractivity contribution in [1.82, 2.24) is 0 Å². The molecular formula is C36H46. The topological polar surface area (TPSA) is 0 Å². The van der Waals surface area contributed by atoms with E-state index in [1.807, 2.05) is 0 Å². The van der Waals surface area contributed by atoms with E-state index in [1.165, 1.54) is 118 Å². The summed E-state index contributed by atoms with van der Waals surface area (Å²) in [5.41, 5.74) is 12.5. The van der Waals surface area contributed by atoms with Gasteiger partial charge in [-0.15, -0.1) is 0 Å². The van der Waals surface area contributed by atoms with Gasteiger partial charge in [-0.2, -0.15) is 0 Å². The van der Waals surface area contributed by atoms with E-state index < -0.39 is 0 Å². The maximum Gasteiger partial charge on any atom is 0.0215 e. The van der Waals surface area contributed by atoms with Gasteiger partial charge in [-0.25, -0.2) is 0 Å². The summed E-state index contributed by atoms with van der Waals surface area (Å²) < 4.78 is 0. The predicted molar refractivity (Wildman–Crippen MR) is 157 cm³/mol. The van der Waals surface area contributed by atoms with E-state index >= 15 is 0 Å². The number of unbranched alkanes of at least 4 members (excludes halogenated alkanes) is 10. The Morgan fingerprint density at radius 2 is 1.08 bits per heavy atom. The SMILES string of the molecule is CCCCCCCCC1(CCCCCCCC)c2ccccc2-c2cc3c(cc21)Cc1ccccc1-3. The molecule has 5 rings (SSSR count). The fourth-order valence-electron chi connectivity index (χ4n) is 7.16. The van der Waals surface area contributed by atoms with Crippen molar-refractivity contribution in [3.63, 3.8) is 0 Å². The van der Waals surface area contributed by atoms with Gasteiger partial charge in [0.05, 0.1) is 0 Å². The molecule has 0 aliphatic heterocycles. The van der Waals surface area contributed by atoms with Crippen LogP contribution in [0.15, 0.2) is 60.7 Å². The molecule has 2 aliphatic carbocycles. The van der Waals surface area contributed by atoms with Crippen LogP contribution in [0.4, 0.5) is 0 Å². The van der Waals surface area contributed by atoms with Gasteiger partial charge in [-0.3, -0.25) is 0 Å². The average molecular weight is 479 g/mol. The highest BCUT2D eigenvalue weighted by Crippen LogP contribution is 2.56. The maximum absolute atomic E-state index is 2.65. The first-order chi connectivity index (χ1) is 17.8. The minimum atomic E-state index is 0.200. The summed E-state index contributed by atoms with van der Waals surface area (Å²) in [7, 11) is 0. The number of benzene rings is 3. The van der Waals surface area contributed by atoms with E-state index in [4.69, 9.17) is 0 Å². The Kier molecular flexibility index (Phi) is 8.30. The first-order valence-electron chi connectivity index (χ1n) is 15.1. The molecule has 0 saturated carbocycles. The lowest BCUT2D eigenvalue weighted by molar-refractivity contribution is 0.397. The Labute approximate surface area is 220 Å². The minimum absolute atomic E-state index is 0.200. The molecule has 0 radical (unpaired) electrons. The molecule has 0 spiro atoms. The molecular weight excluding hydrogens is 432 g/mol. The van der Waals surface area contributed by atoms with Gasteiger partial charge in [-0.1, -0.05) is 145 Å². The fraction of sp³-hybridized carbons (Fsp3) is 0.500. The first-order valence-corrected chi connectivity index (χ1v) is 15.1. The van der Waals surface area contributed by atoms with E-state index in [1.54, 1.807) is 16.7 Å². The Balaban J connectivity index is 1.47. The minimum Gasteiger partial charge on any atom is -0.0654 e. The van der Waals surface area contributed by atoms with E-state index in [0.29, 0.717) is 0 Å². The molecule has 3 aromatic carbocycles. The van der Waals surface area contributed by atoms with Crippen LogP contribution >= 0.6 is 0 Å². The van der Waals surface area contributed by atoms with Crippen molar-refractivity contribution in [2.45, 2.75) is 116 Å². The van der Waals surface area contributed by atoms with E-state index in [0.717, 1.165) is 6.42 Å². The number of rotatable bonds is 14. The average Bonchev–Trinajstić information content (AvgIpc) is 3.40. The van der Waals surface area contributed by atoms with Gasteiger partial charge < -0.3 is 0 Å². The zero-order valence-electron chi connectivity index (χ0n) is 22.9. The van der Waals surface area contributed by atoms with Crippen molar-refractivity contribution < 1.29 is 0 Å². The first kappa shape index (κ1) is 25.3. The fourth-order valence-corrected chi connectivity index (χ4v) is 7.16.